The minimum Gasteiger partial charge on any atom is -0.488 e. The van der Waals surface area contributed by atoms with E-state index in [9.17, 15) is 4.39 Å². The van der Waals surface area contributed by atoms with Crippen LogP contribution in [-0.4, -0.2) is 35.1 Å². The lowest BCUT2D eigenvalue weighted by molar-refractivity contribution is 0.141. The summed E-state index contributed by atoms with van der Waals surface area (Å²) in [6.45, 7) is 5.52. The second kappa shape index (κ2) is 5.84. The van der Waals surface area contributed by atoms with Gasteiger partial charge in [-0.2, -0.15) is 0 Å². The monoisotopic (exact) mass is 282 g/mol. The minimum atomic E-state index is -0.216. The number of rotatable bonds is 5. The average Bonchev–Trinajstić information content (AvgIpc) is 2.68. The van der Waals surface area contributed by atoms with E-state index in [4.69, 9.17) is 22.7 Å². The summed E-state index contributed by atoms with van der Waals surface area (Å²) in [4.78, 5) is 2.66. The third-order valence-electron chi connectivity index (χ3n) is 3.29. The predicted octanol–water partition coefficient (Wildman–Crippen LogP) is 2.13. The molecule has 104 valence electrons. The van der Waals surface area contributed by atoms with Gasteiger partial charge in [-0.05, 0) is 32.0 Å². The van der Waals surface area contributed by atoms with Crippen molar-refractivity contribution >= 4 is 17.2 Å². The highest BCUT2D eigenvalue weighted by Crippen LogP contribution is 2.29. The van der Waals surface area contributed by atoms with Gasteiger partial charge in [-0.15, -0.1) is 0 Å². The summed E-state index contributed by atoms with van der Waals surface area (Å²) in [6, 6.07) is 5.00. The van der Waals surface area contributed by atoms with Gasteiger partial charge in [0.2, 0.25) is 0 Å². The number of benzene rings is 1. The van der Waals surface area contributed by atoms with E-state index in [0.29, 0.717) is 17.6 Å². The van der Waals surface area contributed by atoms with Crippen molar-refractivity contribution in [2.45, 2.75) is 32.4 Å². The molecule has 1 heterocycles. The third-order valence-corrected chi connectivity index (χ3v) is 3.42. The van der Waals surface area contributed by atoms with Crippen molar-refractivity contribution < 1.29 is 9.13 Å². The lowest BCUT2D eigenvalue weighted by Gasteiger charge is -2.28. The quantitative estimate of drug-likeness (QED) is 0.840. The Kier molecular flexibility index (Phi) is 4.37. The molecule has 0 radical (unpaired) electrons. The topological polar surface area (TPSA) is 38.5 Å². The molecule has 2 rings (SSSR count). The molecule has 0 aliphatic carbocycles. The average molecular weight is 282 g/mol. The van der Waals surface area contributed by atoms with Gasteiger partial charge in [-0.25, -0.2) is 4.39 Å². The highest BCUT2D eigenvalue weighted by Gasteiger charge is 2.26. The zero-order chi connectivity index (χ0) is 14.0. The largest absolute Gasteiger partial charge is 0.488 e. The summed E-state index contributed by atoms with van der Waals surface area (Å²) < 4.78 is 19.0. The molecule has 2 N–H and O–H groups in total. The number of hydrogen-bond donors (Lipinski definition) is 1. The van der Waals surface area contributed by atoms with Gasteiger partial charge in [-0.1, -0.05) is 12.2 Å². The molecule has 1 aliphatic heterocycles. The van der Waals surface area contributed by atoms with E-state index in [0.717, 1.165) is 24.3 Å². The summed E-state index contributed by atoms with van der Waals surface area (Å²) in [5.74, 6) is 0.567. The summed E-state index contributed by atoms with van der Waals surface area (Å²) >= 11 is 4.96. The summed E-state index contributed by atoms with van der Waals surface area (Å²) in [5.41, 5.74) is 6.54. The van der Waals surface area contributed by atoms with Gasteiger partial charge in [0.25, 0.3) is 0 Å². The van der Waals surface area contributed by atoms with E-state index >= 15 is 0 Å². The van der Waals surface area contributed by atoms with Gasteiger partial charge in [0.05, 0.1) is 4.99 Å². The Hall–Kier alpha value is -1.20. The molecule has 3 nitrogen and oxygen atoms in total. The zero-order valence-corrected chi connectivity index (χ0v) is 12.0. The van der Waals surface area contributed by atoms with E-state index in [2.05, 4.69) is 18.7 Å². The van der Waals surface area contributed by atoms with Crippen molar-refractivity contribution in [2.24, 2.45) is 5.73 Å². The first-order valence-electron chi connectivity index (χ1n) is 6.43. The van der Waals surface area contributed by atoms with Crippen LogP contribution in [-0.2, 0) is 6.42 Å². The fraction of sp³-hybridized carbons (Fsp3) is 0.500. The Balaban J connectivity index is 2.00. The van der Waals surface area contributed by atoms with Gasteiger partial charge >= 0.3 is 0 Å². The second-order valence-corrected chi connectivity index (χ2v) is 5.71. The van der Waals surface area contributed by atoms with Crippen molar-refractivity contribution in [3.8, 4) is 5.75 Å². The molecule has 0 fully saturated rings. The molecule has 1 aromatic carbocycles. The Morgan fingerprint density at radius 2 is 2.32 bits per heavy atom. The van der Waals surface area contributed by atoms with Crippen LogP contribution >= 0.6 is 12.2 Å². The molecular formula is C14H19FN2OS. The molecule has 1 atom stereocenters. The summed E-state index contributed by atoms with van der Waals surface area (Å²) in [5, 5.41) is 0. The molecule has 1 aromatic rings. The molecule has 0 saturated heterocycles. The number of halogens is 1. The van der Waals surface area contributed by atoms with E-state index in [-0.39, 0.29) is 11.9 Å². The van der Waals surface area contributed by atoms with E-state index < -0.39 is 0 Å². The molecule has 0 amide bonds. The predicted molar refractivity (Wildman–Crippen MR) is 78.0 cm³/mol. The van der Waals surface area contributed by atoms with Crippen molar-refractivity contribution in [2.75, 3.05) is 13.1 Å². The van der Waals surface area contributed by atoms with Crippen LogP contribution in [0.4, 0.5) is 4.39 Å². The molecule has 1 aliphatic rings. The number of ether oxygens (including phenoxy) is 1. The fourth-order valence-electron chi connectivity index (χ4n) is 2.31. The normalized spacial score (nSPS) is 17.6. The smallest absolute Gasteiger partial charge is 0.123 e. The molecule has 0 saturated carbocycles. The van der Waals surface area contributed by atoms with E-state index in [1.54, 1.807) is 12.1 Å². The van der Waals surface area contributed by atoms with Crippen LogP contribution in [0.25, 0.3) is 0 Å². The van der Waals surface area contributed by atoms with Crippen molar-refractivity contribution in [1.82, 2.24) is 4.90 Å². The van der Waals surface area contributed by atoms with Crippen LogP contribution in [0.1, 0.15) is 19.4 Å². The number of nitrogens with zero attached hydrogens (tertiary/aromatic N) is 1. The lowest BCUT2D eigenvalue weighted by atomic mass is 10.1. The Labute approximate surface area is 118 Å². The fourth-order valence-corrected chi connectivity index (χ4v) is 2.48. The number of hydrogen-bond acceptors (Lipinski definition) is 3. The molecule has 19 heavy (non-hydrogen) atoms. The highest BCUT2D eigenvalue weighted by atomic mass is 32.1. The van der Waals surface area contributed by atoms with E-state index in [1.807, 2.05) is 0 Å². The maximum Gasteiger partial charge on any atom is 0.123 e. The summed E-state index contributed by atoms with van der Waals surface area (Å²) in [6.07, 6.45) is 0.766. The lowest BCUT2D eigenvalue weighted by Crippen LogP contribution is -2.43. The minimum absolute atomic E-state index is 0.0357. The van der Waals surface area contributed by atoms with Crippen LogP contribution < -0.4 is 10.5 Å². The first-order chi connectivity index (χ1) is 8.95. The van der Waals surface area contributed by atoms with Gasteiger partial charge < -0.3 is 10.5 Å². The van der Waals surface area contributed by atoms with Crippen LogP contribution in [0.3, 0.4) is 0 Å². The van der Waals surface area contributed by atoms with E-state index in [1.165, 1.54) is 6.07 Å². The first kappa shape index (κ1) is 14.2. The summed E-state index contributed by atoms with van der Waals surface area (Å²) in [7, 11) is 0. The number of thiocarbonyl (C=S) groups is 1. The first-order valence-corrected chi connectivity index (χ1v) is 6.84. The van der Waals surface area contributed by atoms with Crippen LogP contribution in [0.2, 0.25) is 0 Å². The highest BCUT2D eigenvalue weighted by molar-refractivity contribution is 7.80. The maximum absolute atomic E-state index is 13.2. The Morgan fingerprint density at radius 1 is 1.58 bits per heavy atom. The van der Waals surface area contributed by atoms with Gasteiger partial charge in [0.15, 0.2) is 0 Å². The van der Waals surface area contributed by atoms with Crippen molar-refractivity contribution in [1.29, 1.82) is 0 Å². The zero-order valence-electron chi connectivity index (χ0n) is 11.2. The van der Waals surface area contributed by atoms with Crippen molar-refractivity contribution in [3.05, 3.63) is 29.6 Å². The standard InChI is InChI=1S/C14H19FN2OS/c1-9(2)17(8-14(16)19)7-12-6-10-5-11(15)3-4-13(10)18-12/h3-5,9,12H,6-8H2,1-2H3,(H2,16,19). The Morgan fingerprint density at radius 3 is 2.95 bits per heavy atom. The van der Waals surface area contributed by atoms with Crippen LogP contribution in [0.15, 0.2) is 18.2 Å². The Bertz CT molecular complexity index is 479. The number of nitrogens with two attached hydrogens (primary N) is 1. The molecule has 1 unspecified atom stereocenters. The van der Waals surface area contributed by atoms with Gasteiger partial charge in [-0.3, -0.25) is 4.90 Å². The molecule has 5 heteroatoms. The van der Waals surface area contributed by atoms with Gasteiger partial charge in [0, 0.05) is 31.1 Å². The SMILES string of the molecule is CC(C)N(CC(N)=S)CC1Cc2cc(F)ccc2O1. The molecular weight excluding hydrogens is 263 g/mol. The van der Waals surface area contributed by atoms with Gasteiger partial charge in [0.1, 0.15) is 17.7 Å². The second-order valence-electron chi connectivity index (χ2n) is 5.19. The number of fused-ring (bicyclic) bond motifs is 1. The molecule has 0 aromatic heterocycles. The van der Waals surface area contributed by atoms with Crippen molar-refractivity contribution in [3.63, 3.8) is 0 Å². The third kappa shape index (κ3) is 3.64. The molecule has 0 spiro atoms. The molecule has 0 bridgehead atoms. The maximum atomic E-state index is 13.2. The van der Waals surface area contributed by atoms with Crippen LogP contribution in [0, 0.1) is 5.82 Å². The van der Waals surface area contributed by atoms with Crippen LogP contribution in [0.5, 0.6) is 5.75 Å².